The Labute approximate surface area is 119 Å². The van der Waals surface area contributed by atoms with E-state index in [4.69, 9.17) is 21.1 Å². The maximum absolute atomic E-state index is 13.8. The van der Waals surface area contributed by atoms with Crippen LogP contribution in [0.5, 0.6) is 0 Å². The van der Waals surface area contributed by atoms with Crippen LogP contribution in [0.2, 0.25) is 5.02 Å². The van der Waals surface area contributed by atoms with Crippen LogP contribution in [-0.2, 0) is 6.42 Å². The van der Waals surface area contributed by atoms with Gasteiger partial charge >= 0.3 is 5.97 Å². The summed E-state index contributed by atoms with van der Waals surface area (Å²) in [4.78, 5) is 10.7. The van der Waals surface area contributed by atoms with Crippen molar-refractivity contribution < 1.29 is 18.7 Å². The number of hydrogen-bond donors (Lipinski definition) is 1. The number of carboxylic acids is 1. The summed E-state index contributed by atoms with van der Waals surface area (Å²) in [7, 11) is 0. The number of hydrogen-bond acceptors (Lipinski definition) is 3. The number of carboxylic acid groups (broad SMARTS) is 1. The number of carbonyl (C=O) groups is 1. The van der Waals surface area contributed by atoms with Gasteiger partial charge in [-0.25, -0.2) is 9.18 Å². The second-order valence-corrected chi connectivity index (χ2v) is 4.50. The summed E-state index contributed by atoms with van der Waals surface area (Å²) in [5, 5.41) is 18.1. The first kappa shape index (κ1) is 14.1. The Balaban J connectivity index is 2.29. The molecular weight excluding hydrogens is 285 g/mol. The van der Waals surface area contributed by atoms with Gasteiger partial charge in [-0.3, -0.25) is 0 Å². The van der Waals surface area contributed by atoms with Crippen LogP contribution in [0.1, 0.15) is 27.8 Å². The van der Waals surface area contributed by atoms with Gasteiger partial charge in [-0.15, -0.1) is 0 Å². The van der Waals surface area contributed by atoms with Crippen LogP contribution in [-0.4, -0.2) is 11.1 Å². The summed E-state index contributed by atoms with van der Waals surface area (Å²) >= 11 is 5.91. The number of rotatable bonds is 4. The average Bonchev–Trinajstić information content (AvgIpc) is 2.86. The molecule has 1 aromatic heterocycles. The molecule has 0 amide bonds. The van der Waals surface area contributed by atoms with E-state index >= 15 is 0 Å². The molecule has 2 rings (SSSR count). The van der Waals surface area contributed by atoms with Crippen molar-refractivity contribution in [1.82, 2.24) is 0 Å². The Morgan fingerprint density at radius 3 is 2.75 bits per heavy atom. The van der Waals surface area contributed by atoms with E-state index in [1.807, 2.05) is 6.07 Å². The molecule has 0 radical (unpaired) electrons. The first-order valence-corrected chi connectivity index (χ1v) is 6.06. The number of nitriles is 1. The van der Waals surface area contributed by atoms with Crippen LogP contribution in [0.3, 0.4) is 0 Å². The van der Waals surface area contributed by atoms with Gasteiger partial charge in [0, 0.05) is 17.0 Å². The van der Waals surface area contributed by atoms with Crippen LogP contribution in [0.4, 0.5) is 4.39 Å². The number of aromatic carboxylic acids is 1. The summed E-state index contributed by atoms with van der Waals surface area (Å²) in [5.74, 6) is -2.57. The molecule has 4 nitrogen and oxygen atoms in total. The average molecular weight is 294 g/mol. The van der Waals surface area contributed by atoms with Gasteiger partial charge < -0.3 is 9.52 Å². The third kappa shape index (κ3) is 2.81. The molecule has 2 aromatic rings. The van der Waals surface area contributed by atoms with Gasteiger partial charge in [-0.2, -0.15) is 5.26 Å². The summed E-state index contributed by atoms with van der Waals surface area (Å²) in [5.41, 5.74) is 0.0879. The van der Waals surface area contributed by atoms with E-state index in [-0.39, 0.29) is 28.5 Å². The van der Waals surface area contributed by atoms with E-state index in [0.717, 1.165) is 0 Å². The van der Waals surface area contributed by atoms with Crippen LogP contribution in [0, 0.1) is 17.1 Å². The zero-order valence-electron chi connectivity index (χ0n) is 10.1. The fourth-order valence-corrected chi connectivity index (χ4v) is 2.15. The van der Waals surface area contributed by atoms with Crippen molar-refractivity contribution in [2.45, 2.75) is 12.3 Å². The van der Waals surface area contributed by atoms with Gasteiger partial charge in [-0.05, 0) is 24.3 Å². The molecule has 0 bridgehead atoms. The van der Waals surface area contributed by atoms with Crippen LogP contribution in [0.25, 0.3) is 0 Å². The number of benzene rings is 1. The van der Waals surface area contributed by atoms with E-state index in [0.29, 0.717) is 0 Å². The van der Waals surface area contributed by atoms with Crippen LogP contribution in [0.15, 0.2) is 34.7 Å². The molecule has 0 aliphatic rings. The summed E-state index contributed by atoms with van der Waals surface area (Å²) in [6, 6.07) is 8.85. The Morgan fingerprint density at radius 1 is 1.45 bits per heavy atom. The quantitative estimate of drug-likeness (QED) is 0.934. The van der Waals surface area contributed by atoms with Gasteiger partial charge in [0.05, 0.1) is 12.0 Å². The Morgan fingerprint density at radius 2 is 2.20 bits per heavy atom. The third-order valence-electron chi connectivity index (χ3n) is 2.78. The predicted molar refractivity (Wildman–Crippen MR) is 69.1 cm³/mol. The first-order chi connectivity index (χ1) is 9.52. The largest absolute Gasteiger partial charge is 0.475 e. The van der Waals surface area contributed by atoms with Gasteiger partial charge in [0.25, 0.3) is 0 Å². The molecule has 0 fully saturated rings. The van der Waals surface area contributed by atoms with Gasteiger partial charge in [0.15, 0.2) is 0 Å². The Hall–Kier alpha value is -2.32. The van der Waals surface area contributed by atoms with Crippen molar-refractivity contribution in [3.05, 3.63) is 58.3 Å². The maximum Gasteiger partial charge on any atom is 0.371 e. The molecule has 0 aliphatic carbocycles. The molecule has 1 N–H and O–H groups in total. The second kappa shape index (κ2) is 5.76. The van der Waals surface area contributed by atoms with E-state index < -0.39 is 17.7 Å². The zero-order chi connectivity index (χ0) is 14.7. The minimum absolute atomic E-state index is 0.0461. The highest BCUT2D eigenvalue weighted by Crippen LogP contribution is 2.30. The van der Waals surface area contributed by atoms with Crippen molar-refractivity contribution in [3.63, 3.8) is 0 Å². The summed E-state index contributed by atoms with van der Waals surface area (Å²) in [6.07, 6.45) is 0.0461. The Kier molecular flexibility index (Phi) is 4.06. The van der Waals surface area contributed by atoms with Crippen molar-refractivity contribution in [1.29, 1.82) is 5.26 Å². The van der Waals surface area contributed by atoms with E-state index in [1.54, 1.807) is 0 Å². The highest BCUT2D eigenvalue weighted by atomic mass is 35.5. The van der Waals surface area contributed by atoms with Crippen molar-refractivity contribution in [3.8, 4) is 6.07 Å². The summed E-state index contributed by atoms with van der Waals surface area (Å²) in [6.45, 7) is 0. The third-order valence-corrected chi connectivity index (χ3v) is 3.11. The number of halogens is 2. The lowest BCUT2D eigenvalue weighted by atomic mass is 9.95. The van der Waals surface area contributed by atoms with Crippen LogP contribution >= 0.6 is 11.6 Å². The molecule has 0 spiro atoms. The van der Waals surface area contributed by atoms with Crippen LogP contribution < -0.4 is 0 Å². The molecule has 6 heteroatoms. The minimum atomic E-state index is -1.20. The molecule has 1 heterocycles. The SMILES string of the molecule is N#CC(Cc1ccc(C(=O)O)o1)c1c(F)cccc1Cl. The fourth-order valence-electron chi connectivity index (χ4n) is 1.86. The van der Waals surface area contributed by atoms with Gasteiger partial charge in [0.1, 0.15) is 11.6 Å². The van der Waals surface area contributed by atoms with E-state index in [2.05, 4.69) is 0 Å². The molecule has 0 saturated carbocycles. The molecule has 20 heavy (non-hydrogen) atoms. The highest BCUT2D eigenvalue weighted by Gasteiger charge is 2.21. The first-order valence-electron chi connectivity index (χ1n) is 5.68. The topological polar surface area (TPSA) is 74.2 Å². The zero-order valence-corrected chi connectivity index (χ0v) is 10.9. The Bertz CT molecular complexity index is 670. The molecule has 1 aromatic carbocycles. The molecule has 0 aliphatic heterocycles. The van der Waals surface area contributed by atoms with Gasteiger partial charge in [0.2, 0.25) is 5.76 Å². The lowest BCUT2D eigenvalue weighted by molar-refractivity contribution is 0.0660. The standard InChI is InChI=1S/C14H9ClFNO3/c15-10-2-1-3-11(16)13(10)8(7-17)6-9-4-5-12(20-9)14(18)19/h1-5,8H,6H2,(H,18,19). The van der Waals surface area contributed by atoms with E-state index in [1.165, 1.54) is 30.3 Å². The highest BCUT2D eigenvalue weighted by molar-refractivity contribution is 6.31. The van der Waals surface area contributed by atoms with E-state index in [9.17, 15) is 14.4 Å². The lowest BCUT2D eigenvalue weighted by Crippen LogP contribution is -2.03. The van der Waals surface area contributed by atoms with Crippen molar-refractivity contribution >= 4 is 17.6 Å². The summed E-state index contributed by atoms with van der Waals surface area (Å²) < 4.78 is 18.8. The smallest absolute Gasteiger partial charge is 0.371 e. The second-order valence-electron chi connectivity index (χ2n) is 4.09. The molecule has 102 valence electrons. The lowest BCUT2D eigenvalue weighted by Gasteiger charge is -2.10. The maximum atomic E-state index is 13.8. The number of furan rings is 1. The van der Waals surface area contributed by atoms with Crippen molar-refractivity contribution in [2.75, 3.05) is 0 Å². The molecule has 1 atom stereocenters. The van der Waals surface area contributed by atoms with Crippen molar-refractivity contribution in [2.24, 2.45) is 0 Å². The molecule has 1 unspecified atom stereocenters. The number of nitrogens with zero attached hydrogens (tertiary/aromatic N) is 1. The monoisotopic (exact) mass is 293 g/mol. The molecular formula is C14H9ClFNO3. The minimum Gasteiger partial charge on any atom is -0.475 e. The van der Waals surface area contributed by atoms with Gasteiger partial charge in [-0.1, -0.05) is 17.7 Å². The fraction of sp³-hybridized carbons (Fsp3) is 0.143. The normalized spacial score (nSPS) is 11.8. The predicted octanol–water partition coefficient (Wildman–Crippen LogP) is 3.62. The molecule has 0 saturated heterocycles.